The van der Waals surface area contributed by atoms with Crippen molar-refractivity contribution in [3.63, 3.8) is 0 Å². The lowest BCUT2D eigenvalue weighted by molar-refractivity contribution is -0.0492. The van der Waals surface area contributed by atoms with E-state index in [-0.39, 0.29) is 11.5 Å². The van der Waals surface area contributed by atoms with Crippen LogP contribution in [0.3, 0.4) is 0 Å². The van der Waals surface area contributed by atoms with Crippen molar-refractivity contribution in [3.05, 3.63) is 28.3 Å². The molecule has 5 aliphatic carbocycles. The molecule has 0 radical (unpaired) electrons. The van der Waals surface area contributed by atoms with Crippen molar-refractivity contribution in [1.82, 2.24) is 9.78 Å². The van der Waals surface area contributed by atoms with Gasteiger partial charge >= 0.3 is 5.97 Å². The van der Waals surface area contributed by atoms with Crippen molar-refractivity contribution >= 4 is 45.5 Å². The third kappa shape index (κ3) is 3.46. The van der Waals surface area contributed by atoms with Crippen LogP contribution in [0.4, 0.5) is 10.8 Å². The molecule has 8 heteroatoms. The first-order valence-corrected chi connectivity index (χ1v) is 13.1. The minimum atomic E-state index is -0.291. The summed E-state index contributed by atoms with van der Waals surface area (Å²) in [5, 5.41) is 12.7. The van der Waals surface area contributed by atoms with Gasteiger partial charge in [-0.2, -0.15) is 5.10 Å². The van der Waals surface area contributed by atoms with E-state index in [1.807, 2.05) is 6.07 Å². The van der Waals surface area contributed by atoms with Crippen LogP contribution in [0.15, 0.2) is 12.3 Å². The van der Waals surface area contributed by atoms with Crippen LogP contribution < -0.4 is 10.6 Å². The number of carbonyl (C=O) groups is 1. The van der Waals surface area contributed by atoms with Gasteiger partial charge < -0.3 is 15.4 Å². The number of hydrogen-bond donors (Lipinski definition) is 2. The van der Waals surface area contributed by atoms with Crippen LogP contribution in [0.5, 0.6) is 0 Å². The Balaban J connectivity index is 1.19. The van der Waals surface area contributed by atoms with E-state index in [1.54, 1.807) is 11.3 Å². The number of carbonyl (C=O) groups excluding carboxylic acids is 1. The van der Waals surface area contributed by atoms with Crippen LogP contribution in [0.25, 0.3) is 0 Å². The number of rotatable bonds is 4. The van der Waals surface area contributed by atoms with Crippen molar-refractivity contribution in [3.8, 4) is 0 Å². The van der Waals surface area contributed by atoms with E-state index in [1.165, 1.54) is 50.5 Å². The fraction of sp³-hybridized carbons (Fsp3) is 0.625. The number of ether oxygens (including phenoxy) is 1. The summed E-state index contributed by atoms with van der Waals surface area (Å²) in [7, 11) is 1.44. The molecule has 0 atom stereocenters. The summed E-state index contributed by atoms with van der Waals surface area (Å²) in [5.41, 5.74) is 1.98. The van der Waals surface area contributed by atoms with Gasteiger partial charge in [-0.25, -0.2) is 4.79 Å². The summed E-state index contributed by atoms with van der Waals surface area (Å²) in [6, 6.07) is 2.02. The molecule has 6 nitrogen and oxygen atoms in total. The summed E-state index contributed by atoms with van der Waals surface area (Å²) < 4.78 is 7.30. The minimum Gasteiger partial charge on any atom is -0.465 e. The molecule has 2 heterocycles. The van der Waals surface area contributed by atoms with Gasteiger partial charge in [-0.1, -0.05) is 0 Å². The van der Waals surface area contributed by atoms with Crippen molar-refractivity contribution in [2.24, 2.45) is 17.8 Å². The zero-order valence-corrected chi connectivity index (χ0v) is 20.1. The molecule has 7 rings (SSSR count). The smallest absolute Gasteiger partial charge is 0.341 e. The molecule has 4 saturated carbocycles. The van der Waals surface area contributed by atoms with Crippen LogP contribution in [0.2, 0.25) is 0 Å². The number of hydrogen-bond acceptors (Lipinski definition) is 5. The standard InChI is InChI=1S/C24H30N4O2S2/c1-30-22(29)20-17-4-2-3-5-18(17)32-21(20)26-23(31)25-19-6-7-28(27-19)24-11-14-8-15(12-24)10-16(9-14)13-24/h6-7,14-16H,2-5,8-13H2,1H3,(H2,25,26,27,31). The number of methoxy groups -OCH3 is 1. The fourth-order valence-corrected chi connectivity index (χ4v) is 8.78. The van der Waals surface area contributed by atoms with Gasteiger partial charge in [-0.3, -0.25) is 4.68 Å². The average molecular weight is 471 g/mol. The molecule has 4 fully saturated rings. The normalized spacial score (nSPS) is 30.1. The predicted molar refractivity (Wildman–Crippen MR) is 131 cm³/mol. The molecule has 4 bridgehead atoms. The van der Waals surface area contributed by atoms with Gasteiger partial charge in [-0.15, -0.1) is 11.3 Å². The summed E-state index contributed by atoms with van der Waals surface area (Å²) in [6.45, 7) is 0. The Morgan fingerprint density at radius 3 is 2.53 bits per heavy atom. The molecule has 2 N–H and O–H groups in total. The highest BCUT2D eigenvalue weighted by Gasteiger charge is 2.52. The third-order valence-electron chi connectivity index (χ3n) is 8.11. The molecule has 0 aliphatic heterocycles. The number of nitrogens with zero attached hydrogens (tertiary/aromatic N) is 2. The second-order valence-corrected chi connectivity index (χ2v) is 11.8. The first-order valence-electron chi connectivity index (χ1n) is 11.9. The van der Waals surface area contributed by atoms with Gasteiger partial charge in [0.05, 0.1) is 18.2 Å². The second-order valence-electron chi connectivity index (χ2n) is 10.3. The Labute approximate surface area is 198 Å². The molecule has 0 aromatic carbocycles. The summed E-state index contributed by atoms with van der Waals surface area (Å²) >= 11 is 7.23. The zero-order chi connectivity index (χ0) is 21.9. The zero-order valence-electron chi connectivity index (χ0n) is 18.5. The largest absolute Gasteiger partial charge is 0.465 e. The number of thiocarbonyl (C=S) groups is 1. The molecule has 170 valence electrons. The van der Waals surface area contributed by atoms with E-state index in [0.717, 1.165) is 59.8 Å². The SMILES string of the molecule is COC(=O)c1c(NC(=S)Nc2ccn(C34CC5CC(CC(C5)C3)C4)n2)sc2c1CCCC2. The lowest BCUT2D eigenvalue weighted by Gasteiger charge is -2.56. The highest BCUT2D eigenvalue weighted by molar-refractivity contribution is 7.80. The topological polar surface area (TPSA) is 68.2 Å². The van der Waals surface area contributed by atoms with E-state index in [9.17, 15) is 4.79 Å². The third-order valence-corrected chi connectivity index (χ3v) is 9.52. The van der Waals surface area contributed by atoms with Gasteiger partial charge in [-0.05, 0) is 99.7 Å². The van der Waals surface area contributed by atoms with Crippen LogP contribution in [-0.4, -0.2) is 28.0 Å². The van der Waals surface area contributed by atoms with E-state index >= 15 is 0 Å². The van der Waals surface area contributed by atoms with Crippen molar-refractivity contribution in [2.75, 3.05) is 17.7 Å². The number of aromatic nitrogens is 2. The Bertz CT molecular complexity index is 1040. The van der Waals surface area contributed by atoms with Crippen LogP contribution in [-0.2, 0) is 23.1 Å². The maximum atomic E-state index is 12.5. The van der Waals surface area contributed by atoms with Gasteiger partial charge in [0.25, 0.3) is 0 Å². The number of thiophene rings is 1. The second kappa shape index (κ2) is 7.83. The first kappa shape index (κ1) is 20.7. The van der Waals surface area contributed by atoms with Gasteiger partial charge in [0.1, 0.15) is 5.00 Å². The number of esters is 1. The average Bonchev–Trinajstić information content (AvgIpc) is 3.37. The minimum absolute atomic E-state index is 0.203. The van der Waals surface area contributed by atoms with Crippen LogP contribution in [0, 0.1) is 17.8 Å². The number of aryl methyl sites for hydroxylation is 1. The van der Waals surface area contributed by atoms with Gasteiger partial charge in [0.2, 0.25) is 0 Å². The summed E-state index contributed by atoms with van der Waals surface area (Å²) in [4.78, 5) is 13.8. The quantitative estimate of drug-likeness (QED) is 0.464. The molecule has 2 aromatic heterocycles. The molecular weight excluding hydrogens is 440 g/mol. The molecule has 0 unspecified atom stereocenters. The highest BCUT2D eigenvalue weighted by atomic mass is 32.1. The number of fused-ring (bicyclic) bond motifs is 1. The van der Waals surface area contributed by atoms with E-state index in [0.29, 0.717) is 10.7 Å². The molecule has 0 saturated heterocycles. The lowest BCUT2D eigenvalue weighted by Crippen LogP contribution is -2.52. The molecule has 5 aliphatic rings. The maximum Gasteiger partial charge on any atom is 0.341 e. The molecular formula is C24H30N4O2S2. The monoisotopic (exact) mass is 470 g/mol. The van der Waals surface area contributed by atoms with Gasteiger partial charge in [0, 0.05) is 17.1 Å². The highest BCUT2D eigenvalue weighted by Crippen LogP contribution is 2.58. The maximum absolute atomic E-state index is 12.5. The fourth-order valence-electron chi connectivity index (χ4n) is 7.22. The van der Waals surface area contributed by atoms with E-state index < -0.39 is 0 Å². The van der Waals surface area contributed by atoms with E-state index in [2.05, 4.69) is 21.5 Å². The molecule has 0 amide bonds. The predicted octanol–water partition coefficient (Wildman–Crippen LogP) is 5.34. The Morgan fingerprint density at radius 2 is 1.84 bits per heavy atom. The summed E-state index contributed by atoms with van der Waals surface area (Å²) in [6.07, 6.45) is 14.4. The number of nitrogens with one attached hydrogen (secondary N) is 2. The Morgan fingerprint density at radius 1 is 1.16 bits per heavy atom. The van der Waals surface area contributed by atoms with E-state index in [4.69, 9.17) is 22.1 Å². The first-order chi connectivity index (χ1) is 15.5. The van der Waals surface area contributed by atoms with Gasteiger partial charge in [0.15, 0.2) is 10.9 Å². The summed E-state index contributed by atoms with van der Waals surface area (Å²) in [5.74, 6) is 3.11. The van der Waals surface area contributed by atoms with Crippen molar-refractivity contribution < 1.29 is 9.53 Å². The van der Waals surface area contributed by atoms with Crippen molar-refractivity contribution in [1.29, 1.82) is 0 Å². The van der Waals surface area contributed by atoms with Crippen molar-refractivity contribution in [2.45, 2.75) is 69.7 Å². The molecule has 0 spiro atoms. The lowest BCUT2D eigenvalue weighted by atomic mass is 9.53. The van der Waals surface area contributed by atoms with Crippen LogP contribution in [0.1, 0.15) is 72.2 Å². The molecule has 2 aromatic rings. The Kier molecular flexibility index (Phi) is 5.06. The van der Waals surface area contributed by atoms with Crippen LogP contribution >= 0.6 is 23.6 Å². The number of anilines is 2. The Hall–Kier alpha value is -1.93. The molecule has 32 heavy (non-hydrogen) atoms.